The summed E-state index contributed by atoms with van der Waals surface area (Å²) in [4.78, 5) is 24.1. The zero-order chi connectivity index (χ0) is 16.1. The van der Waals surface area contributed by atoms with Crippen molar-refractivity contribution in [2.45, 2.75) is 26.8 Å². The molecule has 0 aliphatic rings. The Morgan fingerprint density at radius 1 is 1.05 bits per heavy atom. The molecular weight excluding hydrogens is 278 g/mol. The molecule has 0 aromatic heterocycles. The third kappa shape index (κ3) is 3.95. The van der Waals surface area contributed by atoms with Crippen LogP contribution in [0.15, 0.2) is 48.5 Å². The molecule has 0 fully saturated rings. The van der Waals surface area contributed by atoms with Crippen molar-refractivity contribution in [2.75, 3.05) is 0 Å². The van der Waals surface area contributed by atoms with Gasteiger partial charge in [0, 0.05) is 5.56 Å². The van der Waals surface area contributed by atoms with Crippen LogP contribution in [0.1, 0.15) is 28.4 Å². The van der Waals surface area contributed by atoms with Crippen LogP contribution in [0.3, 0.4) is 0 Å². The summed E-state index contributed by atoms with van der Waals surface area (Å²) in [5.74, 6) is -0.269. The SMILES string of the molecule is Cc1ccc(C)c(OC(=O)[C@@H](C)NC(=O)c2ccccc2)c1. The van der Waals surface area contributed by atoms with Gasteiger partial charge < -0.3 is 10.1 Å². The van der Waals surface area contributed by atoms with Crippen molar-refractivity contribution in [1.82, 2.24) is 5.32 Å². The maximum Gasteiger partial charge on any atom is 0.333 e. The molecule has 2 rings (SSSR count). The summed E-state index contributed by atoms with van der Waals surface area (Å²) >= 11 is 0. The second-order valence-corrected chi connectivity index (χ2v) is 5.25. The summed E-state index contributed by atoms with van der Waals surface area (Å²) in [6, 6.07) is 13.7. The second-order valence-electron chi connectivity index (χ2n) is 5.25. The van der Waals surface area contributed by atoms with Gasteiger partial charge in [-0.3, -0.25) is 4.79 Å². The zero-order valence-electron chi connectivity index (χ0n) is 12.9. The maximum atomic E-state index is 12.1. The Labute approximate surface area is 130 Å². The highest BCUT2D eigenvalue weighted by atomic mass is 16.5. The summed E-state index contributed by atoms with van der Waals surface area (Å²) in [6.45, 7) is 5.40. The molecule has 22 heavy (non-hydrogen) atoms. The first-order valence-electron chi connectivity index (χ1n) is 7.12. The summed E-state index contributed by atoms with van der Waals surface area (Å²) in [5.41, 5.74) is 2.39. The highest BCUT2D eigenvalue weighted by Gasteiger charge is 2.19. The van der Waals surface area contributed by atoms with E-state index in [9.17, 15) is 9.59 Å². The minimum Gasteiger partial charge on any atom is -0.425 e. The van der Waals surface area contributed by atoms with Crippen LogP contribution in [0.2, 0.25) is 0 Å². The molecule has 1 amide bonds. The van der Waals surface area contributed by atoms with E-state index < -0.39 is 12.0 Å². The lowest BCUT2D eigenvalue weighted by Gasteiger charge is -2.14. The van der Waals surface area contributed by atoms with Crippen LogP contribution in [-0.4, -0.2) is 17.9 Å². The van der Waals surface area contributed by atoms with Gasteiger partial charge in [-0.25, -0.2) is 4.79 Å². The summed E-state index contributed by atoms with van der Waals surface area (Å²) in [5, 5.41) is 2.64. The summed E-state index contributed by atoms with van der Waals surface area (Å²) in [7, 11) is 0. The van der Waals surface area contributed by atoms with Crippen molar-refractivity contribution in [2.24, 2.45) is 0 Å². The molecule has 0 aliphatic heterocycles. The molecule has 2 aromatic rings. The van der Waals surface area contributed by atoms with E-state index in [0.29, 0.717) is 11.3 Å². The molecule has 114 valence electrons. The Morgan fingerprint density at radius 2 is 1.73 bits per heavy atom. The van der Waals surface area contributed by atoms with E-state index in [1.807, 2.05) is 32.0 Å². The van der Waals surface area contributed by atoms with E-state index in [0.717, 1.165) is 11.1 Å². The zero-order valence-corrected chi connectivity index (χ0v) is 12.9. The minimum atomic E-state index is -0.729. The molecular formula is C18H19NO3. The van der Waals surface area contributed by atoms with Gasteiger partial charge in [-0.1, -0.05) is 30.3 Å². The number of aryl methyl sites for hydroxylation is 2. The van der Waals surface area contributed by atoms with Crippen LogP contribution in [0, 0.1) is 13.8 Å². The van der Waals surface area contributed by atoms with Crippen LogP contribution >= 0.6 is 0 Å². The lowest BCUT2D eigenvalue weighted by atomic mass is 10.1. The van der Waals surface area contributed by atoms with Gasteiger partial charge in [0.1, 0.15) is 11.8 Å². The van der Waals surface area contributed by atoms with Gasteiger partial charge in [0.25, 0.3) is 5.91 Å². The Balaban J connectivity index is 2.00. The topological polar surface area (TPSA) is 55.4 Å². The number of benzene rings is 2. The first-order chi connectivity index (χ1) is 10.5. The number of carbonyl (C=O) groups excluding carboxylic acids is 2. The van der Waals surface area contributed by atoms with Crippen molar-refractivity contribution in [1.29, 1.82) is 0 Å². The number of ether oxygens (including phenoxy) is 1. The standard InChI is InChI=1S/C18H19NO3/c1-12-9-10-13(2)16(11-12)22-18(21)14(3)19-17(20)15-7-5-4-6-8-15/h4-11,14H,1-3H3,(H,19,20)/t14-/m1/s1. The molecule has 0 bridgehead atoms. The Morgan fingerprint density at radius 3 is 2.41 bits per heavy atom. The van der Waals surface area contributed by atoms with Gasteiger partial charge in [0.05, 0.1) is 0 Å². The fourth-order valence-corrected chi connectivity index (χ4v) is 1.94. The average molecular weight is 297 g/mol. The maximum absolute atomic E-state index is 12.1. The quantitative estimate of drug-likeness (QED) is 0.697. The largest absolute Gasteiger partial charge is 0.425 e. The van der Waals surface area contributed by atoms with Crippen LogP contribution in [-0.2, 0) is 4.79 Å². The highest BCUT2D eigenvalue weighted by molar-refractivity contribution is 5.96. The third-order valence-electron chi connectivity index (χ3n) is 3.29. The van der Waals surface area contributed by atoms with Gasteiger partial charge in [-0.15, -0.1) is 0 Å². The lowest BCUT2D eigenvalue weighted by Crippen LogP contribution is -2.40. The second kappa shape index (κ2) is 6.89. The molecule has 0 aliphatic carbocycles. The monoisotopic (exact) mass is 297 g/mol. The normalized spacial score (nSPS) is 11.6. The molecule has 0 saturated carbocycles. The molecule has 2 aromatic carbocycles. The predicted molar refractivity (Wildman–Crippen MR) is 84.9 cm³/mol. The van der Waals surface area contributed by atoms with E-state index in [1.165, 1.54) is 0 Å². The van der Waals surface area contributed by atoms with Gasteiger partial charge in [-0.05, 0) is 50.1 Å². The Bertz CT molecular complexity index is 680. The third-order valence-corrected chi connectivity index (χ3v) is 3.29. The molecule has 0 unspecified atom stereocenters. The lowest BCUT2D eigenvalue weighted by molar-refractivity contribution is -0.136. The molecule has 4 nitrogen and oxygen atoms in total. The molecule has 0 radical (unpaired) electrons. The first kappa shape index (κ1) is 15.8. The number of hydrogen-bond donors (Lipinski definition) is 1. The molecule has 0 heterocycles. The van der Waals surface area contributed by atoms with Crippen LogP contribution < -0.4 is 10.1 Å². The number of esters is 1. The number of carbonyl (C=O) groups is 2. The van der Waals surface area contributed by atoms with Crippen molar-refractivity contribution < 1.29 is 14.3 Å². The van der Waals surface area contributed by atoms with Gasteiger partial charge in [-0.2, -0.15) is 0 Å². The van der Waals surface area contributed by atoms with Gasteiger partial charge >= 0.3 is 5.97 Å². The summed E-state index contributed by atoms with van der Waals surface area (Å²) in [6.07, 6.45) is 0. The first-order valence-corrected chi connectivity index (χ1v) is 7.12. The Hall–Kier alpha value is -2.62. The number of hydrogen-bond acceptors (Lipinski definition) is 3. The van der Waals surface area contributed by atoms with Crippen LogP contribution in [0.5, 0.6) is 5.75 Å². The van der Waals surface area contributed by atoms with E-state index in [-0.39, 0.29) is 5.91 Å². The van der Waals surface area contributed by atoms with E-state index >= 15 is 0 Å². The van der Waals surface area contributed by atoms with Gasteiger partial charge in [0.15, 0.2) is 0 Å². The molecule has 4 heteroatoms. The van der Waals surface area contributed by atoms with Crippen LogP contribution in [0.25, 0.3) is 0 Å². The smallest absolute Gasteiger partial charge is 0.333 e. The minimum absolute atomic E-state index is 0.300. The van der Waals surface area contributed by atoms with Gasteiger partial charge in [0.2, 0.25) is 0 Å². The fourth-order valence-electron chi connectivity index (χ4n) is 1.94. The molecule has 0 spiro atoms. The molecule has 1 N–H and O–H groups in total. The van der Waals surface area contributed by atoms with E-state index in [1.54, 1.807) is 37.3 Å². The van der Waals surface area contributed by atoms with Crippen molar-refractivity contribution in [3.05, 3.63) is 65.2 Å². The van der Waals surface area contributed by atoms with Crippen LogP contribution in [0.4, 0.5) is 0 Å². The molecule has 1 atom stereocenters. The van der Waals surface area contributed by atoms with E-state index in [2.05, 4.69) is 5.32 Å². The van der Waals surface area contributed by atoms with Crippen molar-refractivity contribution in [3.8, 4) is 5.75 Å². The fraction of sp³-hybridized carbons (Fsp3) is 0.222. The highest BCUT2D eigenvalue weighted by Crippen LogP contribution is 2.19. The number of amides is 1. The molecule has 0 saturated heterocycles. The average Bonchev–Trinajstić information content (AvgIpc) is 2.51. The van der Waals surface area contributed by atoms with Crippen molar-refractivity contribution in [3.63, 3.8) is 0 Å². The Kier molecular flexibility index (Phi) is 4.94. The van der Waals surface area contributed by atoms with Crippen molar-refractivity contribution >= 4 is 11.9 Å². The summed E-state index contributed by atoms with van der Waals surface area (Å²) < 4.78 is 5.37. The van der Waals surface area contributed by atoms with E-state index in [4.69, 9.17) is 4.74 Å². The number of nitrogens with one attached hydrogen (secondary N) is 1. The predicted octanol–water partition coefficient (Wildman–Crippen LogP) is 3.03. The number of rotatable bonds is 4.